The zero-order valence-corrected chi connectivity index (χ0v) is 11.7. The van der Waals surface area contributed by atoms with E-state index in [-0.39, 0.29) is 5.25 Å². The molecule has 0 saturated heterocycles. The lowest BCUT2D eigenvalue weighted by Gasteiger charge is -2.07. The number of hydrogen-bond acceptors (Lipinski definition) is 3. The highest BCUT2D eigenvalue weighted by atomic mass is 32.2. The van der Waals surface area contributed by atoms with E-state index in [9.17, 15) is 0 Å². The molecular weight excluding hydrogens is 254 g/mol. The van der Waals surface area contributed by atoms with Gasteiger partial charge in [-0.15, -0.1) is 0 Å². The smallest absolute Gasteiger partial charge is 0.167 e. The fourth-order valence-corrected chi connectivity index (χ4v) is 2.96. The molecule has 19 heavy (non-hydrogen) atoms. The van der Waals surface area contributed by atoms with Gasteiger partial charge < -0.3 is 4.98 Å². The molecule has 4 heteroatoms. The van der Waals surface area contributed by atoms with Gasteiger partial charge in [-0.2, -0.15) is 0 Å². The van der Waals surface area contributed by atoms with Crippen LogP contribution in [0.1, 0.15) is 23.4 Å². The van der Waals surface area contributed by atoms with E-state index >= 15 is 0 Å². The van der Waals surface area contributed by atoms with Gasteiger partial charge in [-0.1, -0.05) is 30.0 Å². The van der Waals surface area contributed by atoms with Gasteiger partial charge in [0.2, 0.25) is 0 Å². The van der Waals surface area contributed by atoms with Gasteiger partial charge in [0, 0.05) is 6.20 Å². The average Bonchev–Trinajstić information content (AvgIpc) is 2.84. The maximum Gasteiger partial charge on any atom is 0.167 e. The van der Waals surface area contributed by atoms with Gasteiger partial charge in [0.05, 0.1) is 22.0 Å². The molecule has 0 aliphatic carbocycles. The Kier molecular flexibility index (Phi) is 3.25. The quantitative estimate of drug-likeness (QED) is 0.727. The molecule has 2 heterocycles. The van der Waals surface area contributed by atoms with E-state index in [4.69, 9.17) is 0 Å². The molecule has 2 aromatic heterocycles. The summed E-state index contributed by atoms with van der Waals surface area (Å²) in [6, 6.07) is 12.2. The summed E-state index contributed by atoms with van der Waals surface area (Å²) in [5.74, 6) is 0. The summed E-state index contributed by atoms with van der Waals surface area (Å²) < 4.78 is 0. The molecular formula is C15H15N3S. The molecule has 0 bridgehead atoms. The Bertz CT molecular complexity index is 691. The summed E-state index contributed by atoms with van der Waals surface area (Å²) in [4.78, 5) is 12.4. The van der Waals surface area contributed by atoms with Crippen LogP contribution in [0.25, 0.3) is 11.0 Å². The Morgan fingerprint density at radius 2 is 2.05 bits per heavy atom. The van der Waals surface area contributed by atoms with Crippen LogP contribution in [0.3, 0.4) is 0 Å². The summed E-state index contributed by atoms with van der Waals surface area (Å²) in [6.45, 7) is 4.23. The number of fused-ring (bicyclic) bond motifs is 1. The number of para-hydroxylation sites is 1. The lowest BCUT2D eigenvalue weighted by atomic mass is 10.2. The lowest BCUT2D eigenvalue weighted by Crippen LogP contribution is -1.92. The number of hydrogen-bond donors (Lipinski definition) is 1. The molecule has 0 fully saturated rings. The van der Waals surface area contributed by atoms with Crippen LogP contribution < -0.4 is 0 Å². The summed E-state index contributed by atoms with van der Waals surface area (Å²) in [5, 5.41) is 1.23. The number of aromatic amines is 1. The van der Waals surface area contributed by atoms with Gasteiger partial charge in [0.15, 0.2) is 5.16 Å². The first kappa shape index (κ1) is 12.2. The number of rotatable bonds is 3. The molecule has 3 aromatic rings. The Morgan fingerprint density at radius 3 is 2.79 bits per heavy atom. The molecule has 1 unspecified atom stereocenters. The normalized spacial score (nSPS) is 12.7. The van der Waals surface area contributed by atoms with E-state index in [1.54, 1.807) is 11.8 Å². The summed E-state index contributed by atoms with van der Waals surface area (Å²) in [5.41, 5.74) is 4.42. The van der Waals surface area contributed by atoms with Crippen LogP contribution in [0.5, 0.6) is 0 Å². The van der Waals surface area contributed by atoms with Crippen molar-refractivity contribution in [3.05, 3.63) is 53.9 Å². The molecule has 0 radical (unpaired) electrons. The second-order valence-electron chi connectivity index (χ2n) is 4.53. The van der Waals surface area contributed by atoms with Crippen molar-refractivity contribution in [1.82, 2.24) is 15.0 Å². The second-order valence-corrected chi connectivity index (χ2v) is 5.86. The number of nitrogens with zero attached hydrogens (tertiary/aromatic N) is 2. The van der Waals surface area contributed by atoms with Gasteiger partial charge in [0.1, 0.15) is 0 Å². The van der Waals surface area contributed by atoms with Crippen molar-refractivity contribution >= 4 is 22.8 Å². The summed E-state index contributed by atoms with van der Waals surface area (Å²) in [6.07, 6.45) is 1.83. The molecule has 1 N–H and O–H groups in total. The van der Waals surface area contributed by atoms with Crippen molar-refractivity contribution in [2.75, 3.05) is 0 Å². The van der Waals surface area contributed by atoms with Gasteiger partial charge in [-0.05, 0) is 37.6 Å². The molecule has 0 spiro atoms. The van der Waals surface area contributed by atoms with E-state index in [1.807, 2.05) is 30.5 Å². The van der Waals surface area contributed by atoms with Gasteiger partial charge >= 0.3 is 0 Å². The first-order valence-corrected chi connectivity index (χ1v) is 7.15. The third kappa shape index (κ3) is 2.49. The highest BCUT2D eigenvalue weighted by Crippen LogP contribution is 2.33. The maximum atomic E-state index is 4.66. The monoisotopic (exact) mass is 269 g/mol. The highest BCUT2D eigenvalue weighted by molar-refractivity contribution is 7.99. The van der Waals surface area contributed by atoms with E-state index in [2.05, 4.69) is 40.9 Å². The minimum Gasteiger partial charge on any atom is -0.333 e. The van der Waals surface area contributed by atoms with E-state index < -0.39 is 0 Å². The zero-order valence-electron chi connectivity index (χ0n) is 10.9. The van der Waals surface area contributed by atoms with Crippen LogP contribution in [-0.4, -0.2) is 15.0 Å². The predicted octanol–water partition coefficient (Wildman–Crippen LogP) is 4.12. The SMILES string of the molecule is Cc1cccc2[nH]c(SC(C)c3ccccn3)nc12. The number of imidazole rings is 1. The Balaban J connectivity index is 1.88. The molecule has 0 aliphatic rings. The number of thioether (sulfide) groups is 1. The Hall–Kier alpha value is -1.81. The molecule has 0 saturated carbocycles. The van der Waals surface area contributed by atoms with Crippen LogP contribution in [0.4, 0.5) is 0 Å². The second kappa shape index (κ2) is 5.05. The molecule has 1 aromatic carbocycles. The fraction of sp³-hybridized carbons (Fsp3) is 0.200. The third-order valence-corrected chi connectivity index (χ3v) is 4.10. The Labute approximate surface area is 116 Å². The molecule has 96 valence electrons. The van der Waals surface area contributed by atoms with E-state index in [1.165, 1.54) is 5.56 Å². The van der Waals surface area contributed by atoms with Crippen molar-refractivity contribution < 1.29 is 0 Å². The van der Waals surface area contributed by atoms with Crippen LogP contribution in [0.15, 0.2) is 47.8 Å². The van der Waals surface area contributed by atoms with Crippen molar-refractivity contribution in [1.29, 1.82) is 0 Å². The van der Waals surface area contributed by atoms with Gasteiger partial charge in [-0.3, -0.25) is 4.98 Å². The van der Waals surface area contributed by atoms with Crippen molar-refractivity contribution in [2.24, 2.45) is 0 Å². The minimum absolute atomic E-state index is 0.280. The highest BCUT2D eigenvalue weighted by Gasteiger charge is 2.12. The maximum absolute atomic E-state index is 4.66. The largest absolute Gasteiger partial charge is 0.333 e. The number of aryl methyl sites for hydroxylation is 1. The molecule has 1 atom stereocenters. The van der Waals surface area contributed by atoms with Gasteiger partial charge in [0.25, 0.3) is 0 Å². The molecule has 3 rings (SSSR count). The predicted molar refractivity (Wildman–Crippen MR) is 79.3 cm³/mol. The van der Waals surface area contributed by atoms with Crippen LogP contribution in [-0.2, 0) is 0 Å². The third-order valence-electron chi connectivity index (χ3n) is 3.09. The summed E-state index contributed by atoms with van der Waals surface area (Å²) in [7, 11) is 0. The Morgan fingerprint density at radius 1 is 1.16 bits per heavy atom. The number of aromatic nitrogens is 3. The first-order valence-electron chi connectivity index (χ1n) is 6.27. The number of H-pyrrole nitrogens is 1. The molecule has 3 nitrogen and oxygen atoms in total. The number of pyridine rings is 1. The van der Waals surface area contributed by atoms with Crippen molar-refractivity contribution in [3.8, 4) is 0 Å². The van der Waals surface area contributed by atoms with Crippen LogP contribution in [0.2, 0.25) is 0 Å². The average molecular weight is 269 g/mol. The molecule has 0 aliphatic heterocycles. The van der Waals surface area contributed by atoms with Crippen molar-refractivity contribution in [2.45, 2.75) is 24.3 Å². The zero-order chi connectivity index (χ0) is 13.2. The van der Waals surface area contributed by atoms with E-state index in [0.717, 1.165) is 21.9 Å². The fourth-order valence-electron chi connectivity index (χ4n) is 2.05. The van der Waals surface area contributed by atoms with Gasteiger partial charge in [-0.25, -0.2) is 4.98 Å². The van der Waals surface area contributed by atoms with Crippen LogP contribution >= 0.6 is 11.8 Å². The molecule has 0 amide bonds. The first-order chi connectivity index (χ1) is 9.24. The standard InChI is InChI=1S/C15H15N3S/c1-10-6-5-8-13-14(10)18-15(17-13)19-11(2)12-7-3-4-9-16-12/h3-9,11H,1-2H3,(H,17,18). The minimum atomic E-state index is 0.280. The topological polar surface area (TPSA) is 41.6 Å². The van der Waals surface area contributed by atoms with E-state index in [0.29, 0.717) is 0 Å². The van der Waals surface area contributed by atoms with Crippen LogP contribution in [0, 0.1) is 6.92 Å². The number of benzene rings is 1. The summed E-state index contributed by atoms with van der Waals surface area (Å²) >= 11 is 1.70. The number of nitrogens with one attached hydrogen (secondary N) is 1. The lowest BCUT2D eigenvalue weighted by molar-refractivity contribution is 0.983. The van der Waals surface area contributed by atoms with Crippen molar-refractivity contribution in [3.63, 3.8) is 0 Å².